The second-order valence-corrected chi connectivity index (χ2v) is 4.83. The van der Waals surface area contributed by atoms with Crippen molar-refractivity contribution in [2.75, 3.05) is 5.32 Å². The summed E-state index contributed by atoms with van der Waals surface area (Å²) >= 11 is 0. The summed E-state index contributed by atoms with van der Waals surface area (Å²) in [6.07, 6.45) is 0. The van der Waals surface area contributed by atoms with Gasteiger partial charge in [0.2, 0.25) is 0 Å². The number of aromatic hydroxyl groups is 1. The van der Waals surface area contributed by atoms with Crippen LogP contribution in [0.25, 0.3) is 0 Å². The summed E-state index contributed by atoms with van der Waals surface area (Å²) in [6.45, 7) is 6.24. The summed E-state index contributed by atoms with van der Waals surface area (Å²) in [7, 11) is 0. The van der Waals surface area contributed by atoms with Crippen LogP contribution in [0.1, 0.15) is 22.3 Å². The minimum atomic E-state index is -0.217. The molecule has 2 aromatic rings. The van der Waals surface area contributed by atoms with Crippen LogP contribution >= 0.6 is 0 Å². The van der Waals surface area contributed by atoms with Crippen molar-refractivity contribution in [2.24, 2.45) is 0 Å². The third kappa shape index (κ3) is 2.87. The molecule has 0 saturated carbocycles. The highest BCUT2D eigenvalue weighted by Gasteiger charge is 2.06. The molecule has 3 heteroatoms. The Morgan fingerprint density at radius 2 is 1.79 bits per heavy atom. The zero-order valence-corrected chi connectivity index (χ0v) is 11.4. The van der Waals surface area contributed by atoms with Gasteiger partial charge in [-0.05, 0) is 55.7 Å². The van der Waals surface area contributed by atoms with Gasteiger partial charge >= 0.3 is 0 Å². The van der Waals surface area contributed by atoms with Gasteiger partial charge in [-0.2, -0.15) is 0 Å². The van der Waals surface area contributed by atoms with Crippen LogP contribution in [0, 0.1) is 26.6 Å². The first-order chi connectivity index (χ1) is 8.99. The topological polar surface area (TPSA) is 32.3 Å². The Hall–Kier alpha value is -2.03. The van der Waals surface area contributed by atoms with Gasteiger partial charge in [-0.25, -0.2) is 4.39 Å². The van der Waals surface area contributed by atoms with E-state index in [2.05, 4.69) is 5.32 Å². The van der Waals surface area contributed by atoms with Crippen LogP contribution in [0.5, 0.6) is 5.75 Å². The lowest BCUT2D eigenvalue weighted by Gasteiger charge is -2.13. The number of rotatable bonds is 3. The van der Waals surface area contributed by atoms with Gasteiger partial charge in [-0.1, -0.05) is 12.1 Å². The van der Waals surface area contributed by atoms with Crippen LogP contribution in [-0.2, 0) is 6.54 Å². The van der Waals surface area contributed by atoms with Crippen molar-refractivity contribution in [3.05, 3.63) is 58.4 Å². The standard InChI is InChI=1S/C16H18FNO/c1-10-4-7-15(12(3)16(10)19)18-9-13-5-6-14(17)8-11(13)2/h4-8,18-19H,9H2,1-3H3. The number of aryl methyl sites for hydroxylation is 2. The molecule has 2 N–H and O–H groups in total. The van der Waals surface area contributed by atoms with Crippen LogP contribution in [0.4, 0.5) is 10.1 Å². The molecule has 2 nitrogen and oxygen atoms in total. The molecule has 0 aliphatic rings. The molecule has 0 heterocycles. The van der Waals surface area contributed by atoms with Crippen molar-refractivity contribution in [3.8, 4) is 5.75 Å². The fourth-order valence-corrected chi connectivity index (χ4v) is 2.08. The predicted molar refractivity (Wildman–Crippen MR) is 76.0 cm³/mol. The molecule has 0 bridgehead atoms. The van der Waals surface area contributed by atoms with Gasteiger partial charge < -0.3 is 10.4 Å². The van der Waals surface area contributed by atoms with Crippen molar-refractivity contribution in [3.63, 3.8) is 0 Å². The molecule has 0 unspecified atom stereocenters. The summed E-state index contributed by atoms with van der Waals surface area (Å²) in [5.41, 5.74) is 4.55. The Balaban J connectivity index is 2.17. The molecule has 0 atom stereocenters. The summed E-state index contributed by atoms with van der Waals surface area (Å²) in [6, 6.07) is 8.59. The van der Waals surface area contributed by atoms with Gasteiger partial charge in [0, 0.05) is 17.8 Å². The Morgan fingerprint density at radius 1 is 1.05 bits per heavy atom. The average molecular weight is 259 g/mol. The number of hydrogen-bond acceptors (Lipinski definition) is 2. The fourth-order valence-electron chi connectivity index (χ4n) is 2.08. The van der Waals surface area contributed by atoms with E-state index < -0.39 is 0 Å². The first kappa shape index (κ1) is 13.4. The number of benzene rings is 2. The monoisotopic (exact) mass is 259 g/mol. The molecule has 0 aromatic heterocycles. The quantitative estimate of drug-likeness (QED) is 0.871. The smallest absolute Gasteiger partial charge is 0.123 e. The van der Waals surface area contributed by atoms with E-state index in [0.717, 1.165) is 27.9 Å². The Bertz CT molecular complexity index is 608. The molecule has 0 saturated heterocycles. The zero-order valence-electron chi connectivity index (χ0n) is 11.4. The second-order valence-electron chi connectivity index (χ2n) is 4.83. The van der Waals surface area contributed by atoms with Crippen molar-refractivity contribution >= 4 is 5.69 Å². The third-order valence-electron chi connectivity index (χ3n) is 3.41. The van der Waals surface area contributed by atoms with E-state index in [0.29, 0.717) is 12.3 Å². The molecule has 0 aliphatic carbocycles. The molecule has 19 heavy (non-hydrogen) atoms. The predicted octanol–water partition coefficient (Wildman–Crippen LogP) is 4.07. The normalized spacial score (nSPS) is 10.5. The first-order valence-corrected chi connectivity index (χ1v) is 6.27. The van der Waals surface area contributed by atoms with E-state index in [-0.39, 0.29) is 5.82 Å². The number of anilines is 1. The molecule has 2 rings (SSSR count). The first-order valence-electron chi connectivity index (χ1n) is 6.27. The van der Waals surface area contributed by atoms with Gasteiger partial charge in [-0.15, -0.1) is 0 Å². The number of phenols is 1. The van der Waals surface area contributed by atoms with Crippen LogP contribution in [-0.4, -0.2) is 5.11 Å². The van der Waals surface area contributed by atoms with Gasteiger partial charge in [0.05, 0.1) is 0 Å². The van der Waals surface area contributed by atoms with E-state index >= 15 is 0 Å². The average Bonchev–Trinajstić information content (AvgIpc) is 2.37. The van der Waals surface area contributed by atoms with E-state index in [4.69, 9.17) is 0 Å². The molecule has 0 radical (unpaired) electrons. The SMILES string of the molecule is Cc1cc(F)ccc1CNc1ccc(C)c(O)c1C. The molecule has 0 fully saturated rings. The Morgan fingerprint density at radius 3 is 2.47 bits per heavy atom. The van der Waals surface area contributed by atoms with E-state index in [1.54, 1.807) is 6.07 Å². The van der Waals surface area contributed by atoms with Crippen molar-refractivity contribution in [2.45, 2.75) is 27.3 Å². The number of halogens is 1. The lowest BCUT2D eigenvalue weighted by molar-refractivity contribution is 0.467. The lowest BCUT2D eigenvalue weighted by Crippen LogP contribution is -2.03. The number of nitrogens with one attached hydrogen (secondary N) is 1. The van der Waals surface area contributed by atoms with Crippen LogP contribution < -0.4 is 5.32 Å². The fraction of sp³-hybridized carbons (Fsp3) is 0.250. The summed E-state index contributed by atoms with van der Waals surface area (Å²) in [5, 5.41) is 13.2. The van der Waals surface area contributed by atoms with Gasteiger partial charge in [-0.3, -0.25) is 0 Å². The largest absolute Gasteiger partial charge is 0.507 e. The minimum Gasteiger partial charge on any atom is -0.507 e. The van der Waals surface area contributed by atoms with Crippen molar-refractivity contribution < 1.29 is 9.50 Å². The summed E-state index contributed by atoms with van der Waals surface area (Å²) in [4.78, 5) is 0. The van der Waals surface area contributed by atoms with Gasteiger partial charge in [0.25, 0.3) is 0 Å². The zero-order chi connectivity index (χ0) is 14.0. The Kier molecular flexibility index (Phi) is 3.74. The molecule has 100 valence electrons. The molecular weight excluding hydrogens is 241 g/mol. The molecular formula is C16H18FNO. The molecule has 0 aliphatic heterocycles. The maximum Gasteiger partial charge on any atom is 0.123 e. The highest BCUT2D eigenvalue weighted by atomic mass is 19.1. The molecule has 0 spiro atoms. The van der Waals surface area contributed by atoms with E-state index in [9.17, 15) is 9.50 Å². The van der Waals surface area contributed by atoms with Crippen LogP contribution in [0.15, 0.2) is 30.3 Å². The summed E-state index contributed by atoms with van der Waals surface area (Å²) < 4.78 is 13.0. The number of phenolic OH excluding ortho intramolecular Hbond substituents is 1. The van der Waals surface area contributed by atoms with Crippen LogP contribution in [0.2, 0.25) is 0 Å². The molecule has 2 aromatic carbocycles. The van der Waals surface area contributed by atoms with Crippen molar-refractivity contribution in [1.82, 2.24) is 0 Å². The highest BCUT2D eigenvalue weighted by molar-refractivity contribution is 5.59. The van der Waals surface area contributed by atoms with Gasteiger partial charge in [0.15, 0.2) is 0 Å². The van der Waals surface area contributed by atoms with Crippen LogP contribution in [0.3, 0.4) is 0 Å². The van der Waals surface area contributed by atoms with Crippen molar-refractivity contribution in [1.29, 1.82) is 0 Å². The second kappa shape index (κ2) is 5.31. The number of hydrogen-bond donors (Lipinski definition) is 2. The maximum absolute atomic E-state index is 13.0. The summed E-state index contributed by atoms with van der Waals surface area (Å²) in [5.74, 6) is 0.103. The molecule has 0 amide bonds. The lowest BCUT2D eigenvalue weighted by atomic mass is 10.1. The van der Waals surface area contributed by atoms with E-state index in [1.807, 2.05) is 32.9 Å². The third-order valence-corrected chi connectivity index (χ3v) is 3.41. The van der Waals surface area contributed by atoms with E-state index in [1.165, 1.54) is 12.1 Å². The highest BCUT2D eigenvalue weighted by Crippen LogP contribution is 2.28. The van der Waals surface area contributed by atoms with Gasteiger partial charge in [0.1, 0.15) is 11.6 Å². The maximum atomic E-state index is 13.0. The minimum absolute atomic E-state index is 0.217. The Labute approximate surface area is 112 Å².